The van der Waals surface area contributed by atoms with Gasteiger partial charge in [-0.25, -0.2) is 18.0 Å². The zero-order valence-corrected chi connectivity index (χ0v) is 18.9. The molecule has 3 rings (SSSR count). The number of aryl methyl sites for hydroxylation is 1. The number of carboxylic acids is 1. The van der Waals surface area contributed by atoms with Crippen LogP contribution in [0.1, 0.15) is 64.0 Å². The van der Waals surface area contributed by atoms with E-state index >= 15 is 0 Å². The third-order valence-electron chi connectivity index (χ3n) is 5.71. The predicted molar refractivity (Wildman–Crippen MR) is 117 cm³/mol. The first-order valence-electron chi connectivity index (χ1n) is 10.2. The lowest BCUT2D eigenvalue weighted by Gasteiger charge is -2.21. The molecule has 0 spiro atoms. The lowest BCUT2D eigenvalue weighted by molar-refractivity contribution is 0.0691. The molecule has 0 saturated heterocycles. The summed E-state index contributed by atoms with van der Waals surface area (Å²) in [6, 6.07) is 2.66. The van der Waals surface area contributed by atoms with Gasteiger partial charge in [-0.05, 0) is 49.0 Å². The van der Waals surface area contributed by atoms with Gasteiger partial charge in [0.05, 0.1) is 22.9 Å². The third-order valence-corrected chi connectivity index (χ3v) is 5.96. The van der Waals surface area contributed by atoms with Crippen LogP contribution in [0.3, 0.4) is 0 Å². The molecule has 2 N–H and O–H groups in total. The van der Waals surface area contributed by atoms with Gasteiger partial charge in [0.1, 0.15) is 11.5 Å². The van der Waals surface area contributed by atoms with Crippen LogP contribution in [-0.4, -0.2) is 26.8 Å². The highest BCUT2D eigenvalue weighted by atomic mass is 35.5. The first kappa shape index (κ1) is 24.6. The number of halogens is 4. The van der Waals surface area contributed by atoms with Crippen molar-refractivity contribution < 1.29 is 27.9 Å². The summed E-state index contributed by atoms with van der Waals surface area (Å²) in [4.78, 5) is 24.1. The standard InChI is InChI=1S/C23H23ClF3N3O3/c1-11-4-6-15(24)8-14(11)10-18-19(20(21(26)27)30(3)29-18)22(31)28-12(2)13-5-7-16(23(32)33)17(25)9-13/h4-9,11-12,14,21H,10H2,1-3H3,(H,28,31)(H,32,33)/t11?,12-,14?/m0/s1. The van der Waals surface area contributed by atoms with Crippen LogP contribution in [0.15, 0.2) is 41.5 Å². The number of aromatic nitrogens is 2. The second kappa shape index (κ2) is 9.82. The van der Waals surface area contributed by atoms with Crippen molar-refractivity contribution in [2.24, 2.45) is 18.9 Å². The number of carboxylic acid groups (broad SMARTS) is 1. The van der Waals surface area contributed by atoms with Gasteiger partial charge >= 0.3 is 5.97 Å². The maximum atomic E-state index is 14.1. The number of carbonyl (C=O) groups is 2. The molecule has 1 aromatic carbocycles. The average Bonchev–Trinajstić information content (AvgIpc) is 3.06. The van der Waals surface area contributed by atoms with E-state index in [4.69, 9.17) is 16.7 Å². The van der Waals surface area contributed by atoms with Crippen molar-refractivity contribution in [3.05, 3.63) is 75.4 Å². The second-order valence-corrected chi connectivity index (χ2v) is 8.45. The molecule has 1 aliphatic carbocycles. The molecule has 2 aromatic rings. The molecule has 3 atom stereocenters. The van der Waals surface area contributed by atoms with Crippen LogP contribution in [0, 0.1) is 17.7 Å². The largest absolute Gasteiger partial charge is 0.478 e. The lowest BCUT2D eigenvalue weighted by Crippen LogP contribution is -2.29. The molecule has 1 aliphatic rings. The Morgan fingerprint density at radius 2 is 2.03 bits per heavy atom. The monoisotopic (exact) mass is 481 g/mol. The van der Waals surface area contributed by atoms with E-state index in [1.54, 1.807) is 19.1 Å². The van der Waals surface area contributed by atoms with Gasteiger partial charge in [0.2, 0.25) is 0 Å². The van der Waals surface area contributed by atoms with Crippen LogP contribution < -0.4 is 5.32 Å². The number of hydrogen-bond acceptors (Lipinski definition) is 3. The number of benzene rings is 1. The summed E-state index contributed by atoms with van der Waals surface area (Å²) in [6.07, 6.45) is 2.75. The molecule has 0 saturated carbocycles. The van der Waals surface area contributed by atoms with Gasteiger partial charge in [0.25, 0.3) is 12.3 Å². The number of alkyl halides is 2. The Morgan fingerprint density at radius 3 is 2.64 bits per heavy atom. The zero-order valence-electron chi connectivity index (χ0n) is 18.2. The SMILES string of the molecule is CC1C=CC(Cl)=CC1Cc1nn(C)c(C(F)F)c1C(=O)N[C@@H](C)c1ccc(C(=O)O)c(F)c1. The van der Waals surface area contributed by atoms with E-state index in [-0.39, 0.29) is 35.1 Å². The molecule has 2 unspecified atom stereocenters. The first-order chi connectivity index (χ1) is 15.5. The first-order valence-corrected chi connectivity index (χ1v) is 10.6. The Labute approximate surface area is 193 Å². The highest BCUT2D eigenvalue weighted by molar-refractivity contribution is 6.31. The van der Waals surface area contributed by atoms with Gasteiger partial charge < -0.3 is 10.4 Å². The number of rotatable bonds is 7. The topological polar surface area (TPSA) is 84.2 Å². The normalized spacial score (nSPS) is 18.8. The maximum Gasteiger partial charge on any atom is 0.338 e. The number of carbonyl (C=O) groups excluding carboxylic acids is 1. The quantitative estimate of drug-likeness (QED) is 0.571. The number of allylic oxidation sites excluding steroid dienone is 4. The van der Waals surface area contributed by atoms with Crippen LogP contribution in [-0.2, 0) is 13.5 Å². The Kier molecular flexibility index (Phi) is 7.31. The molecule has 0 radical (unpaired) electrons. The zero-order chi connectivity index (χ0) is 24.4. The third kappa shape index (κ3) is 5.30. The smallest absolute Gasteiger partial charge is 0.338 e. The summed E-state index contributed by atoms with van der Waals surface area (Å²) in [5, 5.41) is 16.3. The van der Waals surface area contributed by atoms with Gasteiger partial charge in [-0.2, -0.15) is 5.10 Å². The maximum absolute atomic E-state index is 14.1. The molecule has 0 aliphatic heterocycles. The van der Waals surface area contributed by atoms with Crippen molar-refractivity contribution in [1.29, 1.82) is 0 Å². The summed E-state index contributed by atoms with van der Waals surface area (Å²) < 4.78 is 42.7. The fourth-order valence-corrected chi connectivity index (χ4v) is 4.06. The second-order valence-electron chi connectivity index (χ2n) is 8.01. The highest BCUT2D eigenvalue weighted by Gasteiger charge is 2.31. The minimum atomic E-state index is -2.94. The average molecular weight is 482 g/mol. The number of nitrogens with zero attached hydrogens (tertiary/aromatic N) is 2. The van der Waals surface area contributed by atoms with E-state index in [0.717, 1.165) is 16.8 Å². The van der Waals surface area contributed by atoms with Crippen molar-refractivity contribution in [3.8, 4) is 0 Å². The molecule has 10 heteroatoms. The minimum absolute atomic E-state index is 0.0649. The van der Waals surface area contributed by atoms with E-state index in [1.165, 1.54) is 13.1 Å². The summed E-state index contributed by atoms with van der Waals surface area (Å²) >= 11 is 6.09. The van der Waals surface area contributed by atoms with E-state index < -0.39 is 41.4 Å². The Hall–Kier alpha value is -3.07. The van der Waals surface area contributed by atoms with Crippen LogP contribution >= 0.6 is 11.6 Å². The van der Waals surface area contributed by atoms with Gasteiger partial charge in [0.15, 0.2) is 0 Å². The van der Waals surface area contributed by atoms with Gasteiger partial charge in [-0.1, -0.05) is 36.7 Å². The number of nitrogens with one attached hydrogen (secondary N) is 1. The molecule has 6 nitrogen and oxygen atoms in total. The molecule has 1 aromatic heterocycles. The van der Waals surface area contributed by atoms with Gasteiger partial charge in [-0.3, -0.25) is 9.48 Å². The lowest BCUT2D eigenvalue weighted by atomic mass is 9.85. The summed E-state index contributed by atoms with van der Waals surface area (Å²) in [6.45, 7) is 3.50. The molecule has 176 valence electrons. The van der Waals surface area contributed by atoms with Crippen molar-refractivity contribution in [3.63, 3.8) is 0 Å². The van der Waals surface area contributed by atoms with E-state index in [2.05, 4.69) is 10.4 Å². The van der Waals surface area contributed by atoms with Crippen LogP contribution in [0.4, 0.5) is 13.2 Å². The van der Waals surface area contributed by atoms with Crippen molar-refractivity contribution in [1.82, 2.24) is 15.1 Å². The summed E-state index contributed by atoms with van der Waals surface area (Å²) in [5.74, 6) is -3.23. The highest BCUT2D eigenvalue weighted by Crippen LogP contribution is 2.32. The molecule has 0 bridgehead atoms. The van der Waals surface area contributed by atoms with E-state index in [9.17, 15) is 22.8 Å². The Morgan fingerprint density at radius 1 is 1.33 bits per heavy atom. The molecule has 0 fully saturated rings. The number of aromatic carboxylic acids is 1. The van der Waals surface area contributed by atoms with Crippen molar-refractivity contribution in [2.75, 3.05) is 0 Å². The van der Waals surface area contributed by atoms with Crippen LogP contribution in [0.5, 0.6) is 0 Å². The summed E-state index contributed by atoms with van der Waals surface area (Å²) in [5.41, 5.74) is -0.757. The number of amides is 1. The predicted octanol–water partition coefficient (Wildman–Crippen LogP) is 5.17. The summed E-state index contributed by atoms with van der Waals surface area (Å²) in [7, 11) is 1.35. The minimum Gasteiger partial charge on any atom is -0.478 e. The fourth-order valence-electron chi connectivity index (χ4n) is 3.83. The molecule has 33 heavy (non-hydrogen) atoms. The van der Waals surface area contributed by atoms with Crippen LogP contribution in [0.25, 0.3) is 0 Å². The molecule has 1 heterocycles. The van der Waals surface area contributed by atoms with Gasteiger partial charge in [-0.15, -0.1) is 0 Å². The van der Waals surface area contributed by atoms with Gasteiger partial charge in [0, 0.05) is 12.1 Å². The van der Waals surface area contributed by atoms with E-state index in [1.807, 2.05) is 13.0 Å². The molecule has 1 amide bonds. The Balaban J connectivity index is 1.91. The molecular formula is C23H23ClF3N3O3. The number of hydrogen-bond donors (Lipinski definition) is 2. The van der Waals surface area contributed by atoms with Crippen molar-refractivity contribution in [2.45, 2.75) is 32.7 Å². The van der Waals surface area contributed by atoms with E-state index in [0.29, 0.717) is 5.03 Å². The fraction of sp³-hybridized carbons (Fsp3) is 0.348. The van der Waals surface area contributed by atoms with Crippen LogP contribution in [0.2, 0.25) is 0 Å². The molecular weight excluding hydrogens is 459 g/mol. The Bertz CT molecular complexity index is 1140. The van der Waals surface area contributed by atoms with Crippen molar-refractivity contribution >= 4 is 23.5 Å².